The van der Waals surface area contributed by atoms with Crippen LogP contribution in [0.5, 0.6) is 11.5 Å². The molecule has 1 fully saturated rings. The van der Waals surface area contributed by atoms with Crippen molar-refractivity contribution in [1.82, 2.24) is 10.2 Å². The van der Waals surface area contributed by atoms with E-state index in [2.05, 4.69) is 10.3 Å². The van der Waals surface area contributed by atoms with Crippen LogP contribution in [0.4, 0.5) is 0 Å². The van der Waals surface area contributed by atoms with Gasteiger partial charge in [0.05, 0.1) is 25.9 Å². The Bertz CT molecular complexity index is 612. The number of amidine groups is 1. The molecule has 1 aromatic rings. The molecule has 3 rings (SSSR count). The van der Waals surface area contributed by atoms with Gasteiger partial charge in [0, 0.05) is 26.2 Å². The van der Waals surface area contributed by atoms with Gasteiger partial charge in [0.15, 0.2) is 18.1 Å². The zero-order valence-corrected chi connectivity index (χ0v) is 13.9. The maximum Gasteiger partial charge on any atom is 0.260 e. The summed E-state index contributed by atoms with van der Waals surface area (Å²) in [5.74, 6) is 1.88. The molecule has 0 radical (unpaired) electrons. The Morgan fingerprint density at radius 1 is 1.38 bits per heavy atom. The highest BCUT2D eigenvalue weighted by atomic mass is 16.5. The van der Waals surface area contributed by atoms with Gasteiger partial charge >= 0.3 is 0 Å². The largest absolute Gasteiger partial charge is 0.493 e. The molecule has 0 aromatic heterocycles. The second kappa shape index (κ2) is 8.01. The lowest BCUT2D eigenvalue weighted by atomic mass is 10.1. The molecule has 1 N–H and O–H groups in total. The molecule has 7 nitrogen and oxygen atoms in total. The van der Waals surface area contributed by atoms with Crippen molar-refractivity contribution in [1.29, 1.82) is 0 Å². The Labute approximate surface area is 141 Å². The normalized spacial score (nSPS) is 17.7. The maximum atomic E-state index is 12.3. The summed E-state index contributed by atoms with van der Waals surface area (Å²) in [6.45, 7) is 4.00. The Morgan fingerprint density at radius 3 is 2.92 bits per heavy atom. The minimum Gasteiger partial charge on any atom is -0.493 e. The van der Waals surface area contributed by atoms with E-state index in [0.717, 1.165) is 30.9 Å². The van der Waals surface area contributed by atoms with Crippen LogP contribution in [-0.4, -0.2) is 69.8 Å². The SMILES string of the molecule is COc1cccc(C2=NCCCN2)c1OCC(=O)N1CCOCC1. The van der Waals surface area contributed by atoms with Gasteiger partial charge in [0.1, 0.15) is 5.84 Å². The molecule has 0 unspecified atom stereocenters. The number of carbonyl (C=O) groups is 1. The van der Waals surface area contributed by atoms with E-state index in [0.29, 0.717) is 37.8 Å². The number of ether oxygens (including phenoxy) is 3. The summed E-state index contributed by atoms with van der Waals surface area (Å²) in [5, 5.41) is 3.28. The molecule has 130 valence electrons. The summed E-state index contributed by atoms with van der Waals surface area (Å²) in [7, 11) is 1.59. The van der Waals surface area contributed by atoms with E-state index in [1.54, 1.807) is 12.0 Å². The van der Waals surface area contributed by atoms with E-state index >= 15 is 0 Å². The number of amides is 1. The van der Waals surface area contributed by atoms with Crippen LogP contribution >= 0.6 is 0 Å². The number of nitrogens with one attached hydrogen (secondary N) is 1. The fourth-order valence-corrected chi connectivity index (χ4v) is 2.76. The lowest BCUT2D eigenvalue weighted by Gasteiger charge is -2.27. The number of aliphatic imine (C=N–C) groups is 1. The van der Waals surface area contributed by atoms with E-state index in [1.807, 2.05) is 18.2 Å². The zero-order chi connectivity index (χ0) is 16.8. The van der Waals surface area contributed by atoms with E-state index in [-0.39, 0.29) is 12.5 Å². The van der Waals surface area contributed by atoms with Gasteiger partial charge in [-0.25, -0.2) is 0 Å². The fourth-order valence-electron chi connectivity index (χ4n) is 2.76. The average Bonchev–Trinajstić information content (AvgIpc) is 2.67. The predicted octanol–water partition coefficient (Wildman–Crippen LogP) is 0.673. The molecule has 2 heterocycles. The molecule has 2 aliphatic rings. The number of para-hydroxylation sites is 1. The second-order valence-corrected chi connectivity index (χ2v) is 5.63. The predicted molar refractivity (Wildman–Crippen MR) is 89.9 cm³/mol. The summed E-state index contributed by atoms with van der Waals surface area (Å²) in [5.41, 5.74) is 0.823. The van der Waals surface area contributed by atoms with Crippen molar-refractivity contribution in [3.63, 3.8) is 0 Å². The number of methoxy groups -OCH3 is 1. The molecular formula is C17H23N3O4. The van der Waals surface area contributed by atoms with Gasteiger partial charge in [0.25, 0.3) is 5.91 Å². The third-order valence-corrected chi connectivity index (χ3v) is 4.05. The second-order valence-electron chi connectivity index (χ2n) is 5.63. The third-order valence-electron chi connectivity index (χ3n) is 4.05. The molecule has 2 aliphatic heterocycles. The lowest BCUT2D eigenvalue weighted by molar-refractivity contribution is -0.137. The number of rotatable bonds is 5. The average molecular weight is 333 g/mol. The number of morpholine rings is 1. The molecule has 1 amide bonds. The van der Waals surface area contributed by atoms with E-state index in [9.17, 15) is 4.79 Å². The maximum absolute atomic E-state index is 12.3. The highest BCUT2D eigenvalue weighted by molar-refractivity contribution is 6.02. The van der Waals surface area contributed by atoms with Gasteiger partial charge in [-0.2, -0.15) is 0 Å². The zero-order valence-electron chi connectivity index (χ0n) is 13.9. The molecule has 0 aliphatic carbocycles. The standard InChI is InChI=1S/C17H23N3O4/c1-22-14-5-2-4-13(17-18-6-3-7-19-17)16(14)24-12-15(21)20-8-10-23-11-9-20/h2,4-5H,3,6-12H2,1H3,(H,18,19). The number of hydrogen-bond acceptors (Lipinski definition) is 6. The number of hydrogen-bond donors (Lipinski definition) is 1. The molecule has 0 saturated carbocycles. The highest BCUT2D eigenvalue weighted by Gasteiger charge is 2.21. The van der Waals surface area contributed by atoms with Crippen LogP contribution in [0.1, 0.15) is 12.0 Å². The molecule has 24 heavy (non-hydrogen) atoms. The molecule has 1 aromatic carbocycles. The minimum atomic E-state index is -0.0475. The van der Waals surface area contributed by atoms with Crippen LogP contribution in [-0.2, 0) is 9.53 Å². The molecule has 7 heteroatoms. The monoisotopic (exact) mass is 333 g/mol. The molecule has 0 atom stereocenters. The van der Waals surface area contributed by atoms with E-state index < -0.39 is 0 Å². The first kappa shape index (κ1) is 16.6. The van der Waals surface area contributed by atoms with Crippen molar-refractivity contribution in [3.05, 3.63) is 23.8 Å². The van der Waals surface area contributed by atoms with Gasteiger partial charge in [-0.15, -0.1) is 0 Å². The molecule has 0 bridgehead atoms. The molecular weight excluding hydrogens is 310 g/mol. The van der Waals surface area contributed by atoms with Gasteiger partial charge in [-0.05, 0) is 18.6 Å². The number of benzene rings is 1. The Kier molecular flexibility index (Phi) is 5.53. The summed E-state index contributed by atoms with van der Waals surface area (Å²) in [4.78, 5) is 18.6. The first-order valence-electron chi connectivity index (χ1n) is 8.23. The van der Waals surface area contributed by atoms with Crippen molar-refractivity contribution >= 4 is 11.7 Å². The lowest BCUT2D eigenvalue weighted by Crippen LogP contribution is -2.43. The number of nitrogens with zero attached hydrogens (tertiary/aromatic N) is 2. The molecule has 0 spiro atoms. The van der Waals surface area contributed by atoms with Crippen molar-refractivity contribution < 1.29 is 19.0 Å². The van der Waals surface area contributed by atoms with Crippen molar-refractivity contribution in [3.8, 4) is 11.5 Å². The van der Waals surface area contributed by atoms with Crippen LogP contribution in [0, 0.1) is 0 Å². The Morgan fingerprint density at radius 2 is 2.21 bits per heavy atom. The van der Waals surface area contributed by atoms with Gasteiger partial charge in [-0.1, -0.05) is 6.07 Å². The smallest absolute Gasteiger partial charge is 0.260 e. The quantitative estimate of drug-likeness (QED) is 0.858. The van der Waals surface area contributed by atoms with E-state index in [4.69, 9.17) is 14.2 Å². The summed E-state index contributed by atoms with van der Waals surface area (Å²) < 4.78 is 16.5. The van der Waals surface area contributed by atoms with Crippen LogP contribution in [0.2, 0.25) is 0 Å². The Hall–Kier alpha value is -2.28. The van der Waals surface area contributed by atoms with Gasteiger partial charge in [0.2, 0.25) is 0 Å². The van der Waals surface area contributed by atoms with Gasteiger partial charge < -0.3 is 24.4 Å². The first-order chi connectivity index (χ1) is 11.8. The van der Waals surface area contributed by atoms with E-state index in [1.165, 1.54) is 0 Å². The first-order valence-corrected chi connectivity index (χ1v) is 8.23. The number of carbonyl (C=O) groups excluding carboxylic acids is 1. The third kappa shape index (κ3) is 3.79. The summed E-state index contributed by atoms with van der Waals surface area (Å²) in [6, 6.07) is 5.64. The van der Waals surface area contributed by atoms with Crippen LogP contribution < -0.4 is 14.8 Å². The van der Waals surface area contributed by atoms with Crippen molar-refractivity contribution in [2.75, 3.05) is 53.1 Å². The van der Waals surface area contributed by atoms with Crippen molar-refractivity contribution in [2.45, 2.75) is 6.42 Å². The van der Waals surface area contributed by atoms with Crippen molar-refractivity contribution in [2.24, 2.45) is 4.99 Å². The Balaban J connectivity index is 1.75. The molecule has 1 saturated heterocycles. The fraction of sp³-hybridized carbons (Fsp3) is 0.529. The van der Waals surface area contributed by atoms with Crippen LogP contribution in [0.15, 0.2) is 23.2 Å². The summed E-state index contributed by atoms with van der Waals surface area (Å²) >= 11 is 0. The van der Waals surface area contributed by atoms with Crippen LogP contribution in [0.25, 0.3) is 0 Å². The summed E-state index contributed by atoms with van der Waals surface area (Å²) in [6.07, 6.45) is 1.01. The van der Waals surface area contributed by atoms with Gasteiger partial charge in [-0.3, -0.25) is 9.79 Å². The highest BCUT2D eigenvalue weighted by Crippen LogP contribution is 2.31. The van der Waals surface area contributed by atoms with Crippen LogP contribution in [0.3, 0.4) is 0 Å². The minimum absolute atomic E-state index is 0.0271. The topological polar surface area (TPSA) is 72.4 Å².